The van der Waals surface area contributed by atoms with Crippen LogP contribution in [0, 0.1) is 0 Å². The molecule has 1 aromatic carbocycles. The van der Waals surface area contributed by atoms with Gasteiger partial charge >= 0.3 is 0 Å². The van der Waals surface area contributed by atoms with Crippen LogP contribution in [-0.2, 0) is 22.3 Å². The van der Waals surface area contributed by atoms with Crippen LogP contribution < -0.4 is 5.73 Å². The maximum atomic E-state index is 12.5. The molecule has 0 aliphatic rings. The molecule has 0 saturated heterocycles. The minimum absolute atomic E-state index is 0.0907. The lowest BCUT2D eigenvalue weighted by atomic mass is 10.2. The molecule has 0 unspecified atom stereocenters. The second-order valence-corrected chi connectivity index (χ2v) is 8.36. The van der Waals surface area contributed by atoms with Gasteiger partial charge < -0.3 is 5.73 Å². The number of thiophene rings is 1. The lowest BCUT2D eigenvalue weighted by Gasteiger charge is -2.20. The minimum Gasteiger partial charge on any atom is -0.398 e. The predicted molar refractivity (Wildman–Crippen MR) is 88.9 cm³/mol. The maximum Gasteiger partial charge on any atom is 0.218 e. The van der Waals surface area contributed by atoms with Crippen LogP contribution in [0.1, 0.15) is 17.4 Å². The standard InChI is InChI=1S/C14H17ClN2O2S2/c1-2-17(9-12-7-8-14(15)20-12)21(18,19)10-11-5-3-4-6-13(11)16/h3-8H,2,9-10,16H2,1H3. The Morgan fingerprint density at radius 1 is 1.24 bits per heavy atom. The molecule has 2 aromatic rings. The zero-order valence-corrected chi connectivity index (χ0v) is 14.0. The molecule has 21 heavy (non-hydrogen) atoms. The Kier molecular flexibility index (Phi) is 5.27. The first-order chi connectivity index (χ1) is 9.92. The van der Waals surface area contributed by atoms with Crippen molar-refractivity contribution in [2.45, 2.75) is 19.2 Å². The molecule has 7 heteroatoms. The normalized spacial score (nSPS) is 12.0. The molecule has 4 nitrogen and oxygen atoms in total. The predicted octanol–water partition coefficient (Wildman–Crippen LogP) is 3.34. The number of nitrogens with zero attached hydrogens (tertiary/aromatic N) is 1. The van der Waals surface area contributed by atoms with Crippen molar-refractivity contribution in [1.82, 2.24) is 4.31 Å². The summed E-state index contributed by atoms with van der Waals surface area (Å²) in [7, 11) is -3.42. The molecular formula is C14H17ClN2O2S2. The summed E-state index contributed by atoms with van der Waals surface area (Å²) in [4.78, 5) is 0.923. The summed E-state index contributed by atoms with van der Waals surface area (Å²) >= 11 is 7.28. The third-order valence-electron chi connectivity index (χ3n) is 3.10. The largest absolute Gasteiger partial charge is 0.398 e. The Balaban J connectivity index is 2.18. The Labute approximate surface area is 134 Å². The molecule has 0 radical (unpaired) electrons. The van der Waals surface area contributed by atoms with Gasteiger partial charge in [-0.3, -0.25) is 0 Å². The summed E-state index contributed by atoms with van der Waals surface area (Å²) in [5.74, 6) is -0.0907. The molecule has 2 rings (SSSR count). The van der Waals surface area contributed by atoms with E-state index in [0.29, 0.717) is 28.7 Å². The first-order valence-corrected chi connectivity index (χ1v) is 9.28. The highest BCUT2D eigenvalue weighted by Gasteiger charge is 2.22. The molecule has 0 fully saturated rings. The van der Waals surface area contributed by atoms with E-state index in [-0.39, 0.29) is 5.75 Å². The van der Waals surface area contributed by atoms with Gasteiger partial charge in [0, 0.05) is 23.7 Å². The monoisotopic (exact) mass is 344 g/mol. The number of rotatable bonds is 6. The van der Waals surface area contributed by atoms with Crippen molar-refractivity contribution < 1.29 is 8.42 Å². The highest BCUT2D eigenvalue weighted by molar-refractivity contribution is 7.88. The number of nitrogen functional groups attached to an aromatic ring is 1. The molecule has 0 amide bonds. The Hall–Kier alpha value is -1.08. The first kappa shape index (κ1) is 16.3. The van der Waals surface area contributed by atoms with E-state index < -0.39 is 10.0 Å². The number of para-hydroxylation sites is 1. The molecule has 1 aromatic heterocycles. The van der Waals surface area contributed by atoms with E-state index in [1.54, 1.807) is 30.3 Å². The topological polar surface area (TPSA) is 63.4 Å². The van der Waals surface area contributed by atoms with Crippen LogP contribution in [0.3, 0.4) is 0 Å². The van der Waals surface area contributed by atoms with Gasteiger partial charge in [-0.05, 0) is 23.8 Å². The van der Waals surface area contributed by atoms with Crippen LogP contribution in [0.4, 0.5) is 5.69 Å². The fourth-order valence-electron chi connectivity index (χ4n) is 1.97. The Bertz CT molecular complexity index is 713. The van der Waals surface area contributed by atoms with E-state index in [1.807, 2.05) is 13.0 Å². The lowest BCUT2D eigenvalue weighted by molar-refractivity contribution is 0.425. The van der Waals surface area contributed by atoms with Gasteiger partial charge in [-0.2, -0.15) is 4.31 Å². The van der Waals surface area contributed by atoms with E-state index in [1.165, 1.54) is 15.6 Å². The number of nitrogens with two attached hydrogens (primary N) is 1. The Morgan fingerprint density at radius 3 is 2.52 bits per heavy atom. The van der Waals surface area contributed by atoms with Crippen molar-refractivity contribution >= 4 is 38.6 Å². The van der Waals surface area contributed by atoms with Crippen molar-refractivity contribution in [3.05, 3.63) is 51.2 Å². The summed E-state index contributed by atoms with van der Waals surface area (Å²) in [6.45, 7) is 2.56. The molecular weight excluding hydrogens is 328 g/mol. The van der Waals surface area contributed by atoms with Crippen molar-refractivity contribution in [3.63, 3.8) is 0 Å². The van der Waals surface area contributed by atoms with Crippen molar-refractivity contribution in [2.75, 3.05) is 12.3 Å². The fraction of sp³-hybridized carbons (Fsp3) is 0.286. The van der Waals surface area contributed by atoms with Crippen molar-refractivity contribution in [3.8, 4) is 0 Å². The van der Waals surface area contributed by atoms with E-state index in [2.05, 4.69) is 0 Å². The molecule has 0 aliphatic carbocycles. The van der Waals surface area contributed by atoms with Crippen molar-refractivity contribution in [2.24, 2.45) is 0 Å². The average Bonchev–Trinajstić information content (AvgIpc) is 2.84. The second-order valence-electron chi connectivity index (χ2n) is 4.59. The molecule has 0 atom stereocenters. The first-order valence-electron chi connectivity index (χ1n) is 6.48. The Morgan fingerprint density at radius 2 is 1.95 bits per heavy atom. The number of hydrogen-bond donors (Lipinski definition) is 1. The van der Waals surface area contributed by atoms with Crippen LogP contribution in [0.25, 0.3) is 0 Å². The number of benzene rings is 1. The summed E-state index contributed by atoms with van der Waals surface area (Å²) in [5.41, 5.74) is 6.95. The van der Waals surface area contributed by atoms with E-state index >= 15 is 0 Å². The molecule has 1 heterocycles. The van der Waals surface area contributed by atoms with E-state index in [4.69, 9.17) is 17.3 Å². The number of hydrogen-bond acceptors (Lipinski definition) is 4. The van der Waals surface area contributed by atoms with Gasteiger partial charge in [0.1, 0.15) is 0 Å². The number of anilines is 1. The van der Waals surface area contributed by atoms with Gasteiger partial charge in [0.25, 0.3) is 0 Å². The second kappa shape index (κ2) is 6.79. The van der Waals surface area contributed by atoms with Crippen LogP contribution in [0.15, 0.2) is 36.4 Å². The summed E-state index contributed by atoms with van der Waals surface area (Å²) in [6.07, 6.45) is 0. The van der Waals surface area contributed by atoms with Crippen molar-refractivity contribution in [1.29, 1.82) is 0 Å². The van der Waals surface area contributed by atoms with E-state index in [9.17, 15) is 8.42 Å². The van der Waals surface area contributed by atoms with Crippen LogP contribution in [0.2, 0.25) is 4.34 Å². The van der Waals surface area contributed by atoms with E-state index in [0.717, 1.165) is 4.88 Å². The quantitative estimate of drug-likeness (QED) is 0.817. The zero-order valence-electron chi connectivity index (χ0n) is 11.6. The van der Waals surface area contributed by atoms with Gasteiger partial charge in [0.15, 0.2) is 0 Å². The smallest absolute Gasteiger partial charge is 0.218 e. The third kappa shape index (κ3) is 4.20. The summed E-state index contributed by atoms with van der Waals surface area (Å²) in [6, 6.07) is 10.6. The lowest BCUT2D eigenvalue weighted by Crippen LogP contribution is -2.31. The van der Waals surface area contributed by atoms with Crippen LogP contribution in [0.5, 0.6) is 0 Å². The third-order valence-corrected chi connectivity index (χ3v) is 6.17. The van der Waals surface area contributed by atoms with Gasteiger partial charge in [-0.15, -0.1) is 11.3 Å². The summed E-state index contributed by atoms with van der Waals surface area (Å²) in [5, 5.41) is 0. The highest BCUT2D eigenvalue weighted by atomic mass is 35.5. The molecule has 2 N–H and O–H groups in total. The number of halogens is 1. The molecule has 0 spiro atoms. The minimum atomic E-state index is -3.42. The molecule has 0 aliphatic heterocycles. The van der Waals surface area contributed by atoms with Crippen LogP contribution >= 0.6 is 22.9 Å². The zero-order chi connectivity index (χ0) is 15.5. The fourth-order valence-corrected chi connectivity index (χ4v) is 4.72. The average molecular weight is 345 g/mol. The number of sulfonamides is 1. The summed E-state index contributed by atoms with van der Waals surface area (Å²) < 4.78 is 27.2. The maximum absolute atomic E-state index is 12.5. The van der Waals surface area contributed by atoms with Gasteiger partial charge in [0.2, 0.25) is 10.0 Å². The molecule has 0 saturated carbocycles. The van der Waals surface area contributed by atoms with Gasteiger partial charge in [-0.25, -0.2) is 8.42 Å². The molecule has 114 valence electrons. The molecule has 0 bridgehead atoms. The van der Waals surface area contributed by atoms with Gasteiger partial charge in [0.05, 0.1) is 10.1 Å². The highest BCUT2D eigenvalue weighted by Crippen LogP contribution is 2.25. The van der Waals surface area contributed by atoms with Crippen LogP contribution in [-0.4, -0.2) is 19.3 Å². The van der Waals surface area contributed by atoms with Gasteiger partial charge in [-0.1, -0.05) is 36.7 Å². The SMILES string of the molecule is CCN(Cc1ccc(Cl)s1)S(=O)(=O)Cc1ccccc1N.